The molecule has 1 atom stereocenters. The number of benzene rings is 1. The highest BCUT2D eigenvalue weighted by Crippen LogP contribution is 2.31. The number of ether oxygens (including phenoxy) is 1. The summed E-state index contributed by atoms with van der Waals surface area (Å²) in [6.07, 6.45) is 3.28. The van der Waals surface area contributed by atoms with Crippen molar-refractivity contribution in [3.8, 4) is 5.75 Å². The van der Waals surface area contributed by atoms with Gasteiger partial charge in [0, 0.05) is 18.0 Å². The molecule has 0 aliphatic heterocycles. The van der Waals surface area contributed by atoms with E-state index in [0.717, 1.165) is 22.4 Å². The van der Waals surface area contributed by atoms with Crippen LogP contribution in [0.25, 0.3) is 0 Å². The lowest BCUT2D eigenvalue weighted by molar-refractivity contribution is 0.407. The van der Waals surface area contributed by atoms with Crippen LogP contribution in [0, 0.1) is 6.92 Å². The molecule has 0 radical (unpaired) electrons. The summed E-state index contributed by atoms with van der Waals surface area (Å²) in [5.74, 6) is 0.765. The summed E-state index contributed by atoms with van der Waals surface area (Å²) in [4.78, 5) is 3.96. The first-order valence-electron chi connectivity index (χ1n) is 5.63. The van der Waals surface area contributed by atoms with Crippen molar-refractivity contribution in [2.45, 2.75) is 13.0 Å². The van der Waals surface area contributed by atoms with E-state index in [1.807, 2.05) is 31.2 Å². The molecule has 0 saturated heterocycles. The minimum atomic E-state index is -0.324. The summed E-state index contributed by atoms with van der Waals surface area (Å²) in [6.45, 7) is 2.02. The first-order valence-corrected chi connectivity index (χ1v) is 6.01. The third-order valence-corrected chi connectivity index (χ3v) is 3.17. The summed E-state index contributed by atoms with van der Waals surface area (Å²) >= 11 is 6.12. The van der Waals surface area contributed by atoms with Crippen LogP contribution in [0.1, 0.15) is 22.7 Å². The van der Waals surface area contributed by atoms with Gasteiger partial charge in [-0.2, -0.15) is 0 Å². The summed E-state index contributed by atoms with van der Waals surface area (Å²) in [5.41, 5.74) is 9.17. The smallest absolute Gasteiger partial charge is 0.123 e. The van der Waals surface area contributed by atoms with E-state index in [9.17, 15) is 0 Å². The second-order valence-electron chi connectivity index (χ2n) is 4.12. The molecule has 1 aromatic heterocycles. The second-order valence-corrected chi connectivity index (χ2v) is 4.53. The van der Waals surface area contributed by atoms with E-state index >= 15 is 0 Å². The Labute approximate surface area is 112 Å². The zero-order chi connectivity index (χ0) is 13.1. The topological polar surface area (TPSA) is 48.1 Å². The van der Waals surface area contributed by atoms with Crippen molar-refractivity contribution < 1.29 is 4.74 Å². The molecule has 2 aromatic rings. The molecule has 0 fully saturated rings. The SMILES string of the molecule is COc1ccc(C)cc1C(N)c1ccncc1Cl. The molecule has 4 heteroatoms. The zero-order valence-corrected chi connectivity index (χ0v) is 11.1. The number of nitrogens with zero attached hydrogens (tertiary/aromatic N) is 1. The van der Waals surface area contributed by atoms with Gasteiger partial charge in [0.25, 0.3) is 0 Å². The van der Waals surface area contributed by atoms with Crippen molar-refractivity contribution in [2.75, 3.05) is 7.11 Å². The van der Waals surface area contributed by atoms with Crippen LogP contribution in [-0.4, -0.2) is 12.1 Å². The van der Waals surface area contributed by atoms with Crippen molar-refractivity contribution in [3.63, 3.8) is 0 Å². The Hall–Kier alpha value is -1.58. The summed E-state index contributed by atoms with van der Waals surface area (Å²) in [7, 11) is 1.63. The minimum Gasteiger partial charge on any atom is -0.496 e. The van der Waals surface area contributed by atoms with Crippen LogP contribution < -0.4 is 10.5 Å². The first-order chi connectivity index (χ1) is 8.63. The Bertz CT molecular complexity index is 557. The number of hydrogen-bond acceptors (Lipinski definition) is 3. The predicted molar refractivity (Wildman–Crippen MR) is 73.0 cm³/mol. The van der Waals surface area contributed by atoms with Gasteiger partial charge in [-0.1, -0.05) is 29.3 Å². The number of nitrogens with two attached hydrogens (primary N) is 1. The van der Waals surface area contributed by atoms with Gasteiger partial charge in [0.05, 0.1) is 18.2 Å². The van der Waals surface area contributed by atoms with Gasteiger partial charge in [0.1, 0.15) is 5.75 Å². The molecule has 0 aliphatic rings. The first kappa shape index (κ1) is 12.9. The van der Waals surface area contributed by atoms with Crippen LogP contribution >= 0.6 is 11.6 Å². The lowest BCUT2D eigenvalue weighted by Gasteiger charge is -2.17. The van der Waals surface area contributed by atoms with E-state index in [0.29, 0.717) is 5.02 Å². The lowest BCUT2D eigenvalue weighted by atomic mass is 9.98. The molecular weight excluding hydrogens is 248 g/mol. The Morgan fingerprint density at radius 2 is 2.06 bits per heavy atom. The van der Waals surface area contributed by atoms with E-state index in [2.05, 4.69) is 4.98 Å². The van der Waals surface area contributed by atoms with Crippen molar-refractivity contribution >= 4 is 11.6 Å². The van der Waals surface area contributed by atoms with E-state index in [1.54, 1.807) is 19.5 Å². The van der Waals surface area contributed by atoms with Crippen molar-refractivity contribution in [1.82, 2.24) is 4.98 Å². The lowest BCUT2D eigenvalue weighted by Crippen LogP contribution is -2.14. The highest BCUT2D eigenvalue weighted by molar-refractivity contribution is 6.31. The van der Waals surface area contributed by atoms with Crippen LogP contribution in [0.15, 0.2) is 36.7 Å². The average Bonchev–Trinajstić information content (AvgIpc) is 2.38. The van der Waals surface area contributed by atoms with E-state index in [-0.39, 0.29) is 6.04 Å². The molecule has 0 amide bonds. The quantitative estimate of drug-likeness (QED) is 0.925. The Kier molecular flexibility index (Phi) is 3.84. The number of halogens is 1. The molecule has 2 rings (SSSR count). The molecule has 0 bridgehead atoms. The van der Waals surface area contributed by atoms with Crippen LogP contribution in [0.4, 0.5) is 0 Å². The van der Waals surface area contributed by atoms with Crippen LogP contribution in [-0.2, 0) is 0 Å². The summed E-state index contributed by atoms with van der Waals surface area (Å²) < 4.78 is 5.34. The Morgan fingerprint density at radius 1 is 1.28 bits per heavy atom. The molecule has 0 saturated carbocycles. The minimum absolute atomic E-state index is 0.324. The van der Waals surface area contributed by atoms with Gasteiger partial charge in [-0.15, -0.1) is 0 Å². The molecule has 2 N–H and O–H groups in total. The highest BCUT2D eigenvalue weighted by Gasteiger charge is 2.16. The van der Waals surface area contributed by atoms with Gasteiger partial charge >= 0.3 is 0 Å². The third kappa shape index (κ3) is 2.47. The number of aryl methyl sites for hydroxylation is 1. The molecule has 1 heterocycles. The summed E-state index contributed by atoms with van der Waals surface area (Å²) in [5, 5.41) is 0.563. The highest BCUT2D eigenvalue weighted by atomic mass is 35.5. The summed E-state index contributed by atoms with van der Waals surface area (Å²) in [6, 6.07) is 7.42. The molecule has 3 nitrogen and oxygen atoms in total. The Morgan fingerprint density at radius 3 is 2.72 bits per heavy atom. The van der Waals surface area contributed by atoms with Crippen LogP contribution in [0.5, 0.6) is 5.75 Å². The normalized spacial score (nSPS) is 12.2. The standard InChI is InChI=1S/C14H15ClN2O/c1-9-3-4-13(18-2)11(7-9)14(16)10-5-6-17-8-12(10)15/h3-8,14H,16H2,1-2H3. The Balaban J connectivity index is 2.48. The second kappa shape index (κ2) is 5.38. The number of methoxy groups -OCH3 is 1. The van der Waals surface area contributed by atoms with Gasteiger partial charge in [-0.25, -0.2) is 0 Å². The van der Waals surface area contributed by atoms with Gasteiger partial charge in [0.15, 0.2) is 0 Å². The number of hydrogen-bond donors (Lipinski definition) is 1. The van der Waals surface area contributed by atoms with Gasteiger partial charge in [0.2, 0.25) is 0 Å². The maximum absolute atomic E-state index is 6.27. The van der Waals surface area contributed by atoms with E-state index in [1.165, 1.54) is 0 Å². The molecule has 0 spiro atoms. The van der Waals surface area contributed by atoms with Crippen LogP contribution in [0.2, 0.25) is 5.02 Å². The third-order valence-electron chi connectivity index (χ3n) is 2.86. The molecule has 94 valence electrons. The maximum atomic E-state index is 6.27. The maximum Gasteiger partial charge on any atom is 0.123 e. The largest absolute Gasteiger partial charge is 0.496 e. The fraction of sp³-hybridized carbons (Fsp3) is 0.214. The van der Waals surface area contributed by atoms with E-state index in [4.69, 9.17) is 22.1 Å². The molecule has 1 unspecified atom stereocenters. The number of aromatic nitrogens is 1. The van der Waals surface area contributed by atoms with Crippen LogP contribution in [0.3, 0.4) is 0 Å². The molecular formula is C14H15ClN2O. The fourth-order valence-corrected chi connectivity index (χ4v) is 2.14. The van der Waals surface area contributed by atoms with Crippen molar-refractivity contribution in [2.24, 2.45) is 5.73 Å². The predicted octanol–water partition coefficient (Wildman–Crippen LogP) is 3.10. The van der Waals surface area contributed by atoms with Gasteiger partial charge < -0.3 is 10.5 Å². The van der Waals surface area contributed by atoms with Crippen molar-refractivity contribution in [1.29, 1.82) is 0 Å². The molecule has 1 aromatic carbocycles. The fourth-order valence-electron chi connectivity index (χ4n) is 1.90. The van der Waals surface area contributed by atoms with Gasteiger partial charge in [-0.3, -0.25) is 4.98 Å². The zero-order valence-electron chi connectivity index (χ0n) is 10.4. The molecule has 18 heavy (non-hydrogen) atoms. The van der Waals surface area contributed by atoms with Crippen molar-refractivity contribution in [3.05, 3.63) is 58.4 Å². The monoisotopic (exact) mass is 262 g/mol. The number of rotatable bonds is 3. The number of pyridine rings is 1. The van der Waals surface area contributed by atoms with E-state index < -0.39 is 0 Å². The van der Waals surface area contributed by atoms with Gasteiger partial charge in [-0.05, 0) is 24.6 Å². The average molecular weight is 263 g/mol. The molecule has 0 aliphatic carbocycles.